The Balaban J connectivity index is 1.82. The highest BCUT2D eigenvalue weighted by atomic mass is 32.2. The zero-order valence-corrected chi connectivity index (χ0v) is 16.8. The van der Waals surface area contributed by atoms with E-state index in [1.807, 2.05) is 30.3 Å². The lowest BCUT2D eigenvalue weighted by Crippen LogP contribution is -2.07. The highest BCUT2D eigenvalue weighted by molar-refractivity contribution is 7.99. The summed E-state index contributed by atoms with van der Waals surface area (Å²) >= 11 is 2.68. The van der Waals surface area contributed by atoms with Gasteiger partial charge in [0.1, 0.15) is 11.7 Å². The third-order valence-corrected chi connectivity index (χ3v) is 7.09. The van der Waals surface area contributed by atoms with Crippen molar-refractivity contribution < 1.29 is 17.6 Å². The molecule has 0 bridgehead atoms. The minimum absolute atomic E-state index is 0.0764. The van der Waals surface area contributed by atoms with Gasteiger partial charge in [-0.2, -0.15) is 13.2 Å². The predicted molar refractivity (Wildman–Crippen MR) is 110 cm³/mol. The van der Waals surface area contributed by atoms with E-state index in [1.54, 1.807) is 12.1 Å². The summed E-state index contributed by atoms with van der Waals surface area (Å²) in [6, 6.07) is 13.9. The zero-order chi connectivity index (χ0) is 20.9. The Bertz CT molecular complexity index is 1260. The van der Waals surface area contributed by atoms with Crippen LogP contribution >= 0.6 is 23.1 Å². The first-order valence-corrected chi connectivity index (χ1v) is 10.6. The van der Waals surface area contributed by atoms with Gasteiger partial charge in [0.2, 0.25) is 0 Å². The summed E-state index contributed by atoms with van der Waals surface area (Å²) in [6.45, 7) is -0.687. The fourth-order valence-electron chi connectivity index (χ4n) is 3.50. The number of hydrogen-bond donors (Lipinski definition) is 0. The average molecular weight is 444 g/mol. The minimum atomic E-state index is -4.53. The molecule has 0 aliphatic carbocycles. The highest BCUT2D eigenvalue weighted by Gasteiger charge is 2.35. The van der Waals surface area contributed by atoms with E-state index in [0.29, 0.717) is 16.8 Å². The van der Waals surface area contributed by atoms with Gasteiger partial charge in [0.15, 0.2) is 0 Å². The molecule has 0 N–H and O–H groups in total. The number of thiazole rings is 1. The first-order valence-electron chi connectivity index (χ1n) is 8.95. The van der Waals surface area contributed by atoms with Crippen molar-refractivity contribution in [2.45, 2.75) is 22.6 Å². The van der Waals surface area contributed by atoms with Crippen LogP contribution in [0.5, 0.6) is 0 Å². The van der Waals surface area contributed by atoms with E-state index in [4.69, 9.17) is 0 Å². The molecule has 0 amide bonds. The molecule has 0 saturated heterocycles. The molecule has 0 atom stereocenters. The molecule has 0 fully saturated rings. The summed E-state index contributed by atoms with van der Waals surface area (Å²) in [5.41, 5.74) is 1.62. The lowest BCUT2D eigenvalue weighted by Gasteiger charge is -2.11. The molecule has 0 radical (unpaired) electrons. The SMILES string of the molecule is FCc1cccc2c1-c1nc(-c3cnccc3C(F)(F)F)sc1-c1ccccc1S2. The van der Waals surface area contributed by atoms with Crippen LogP contribution in [-0.2, 0) is 12.9 Å². The van der Waals surface area contributed by atoms with Crippen molar-refractivity contribution in [3.63, 3.8) is 0 Å². The smallest absolute Gasteiger partial charge is 0.264 e. The third kappa shape index (κ3) is 3.11. The number of nitrogens with zero attached hydrogens (tertiary/aromatic N) is 2. The number of fused-ring (bicyclic) bond motifs is 5. The lowest BCUT2D eigenvalue weighted by atomic mass is 10.0. The standard InChI is InChI=1S/C22H12F4N2S2/c23-10-12-4-3-7-17-18(12)19-20(13-5-1-2-6-16(13)29-17)30-21(28-19)14-11-27-9-8-15(14)22(24,25)26/h1-9,11H,10H2. The number of rotatable bonds is 2. The van der Waals surface area contributed by atoms with Gasteiger partial charge < -0.3 is 0 Å². The number of halogens is 4. The maximum Gasteiger partial charge on any atom is 0.417 e. The van der Waals surface area contributed by atoms with Crippen LogP contribution < -0.4 is 0 Å². The second-order valence-electron chi connectivity index (χ2n) is 6.64. The molecule has 1 aliphatic rings. The Morgan fingerprint density at radius 1 is 0.900 bits per heavy atom. The molecule has 30 heavy (non-hydrogen) atoms. The van der Waals surface area contributed by atoms with E-state index in [-0.39, 0.29) is 10.6 Å². The fourth-order valence-corrected chi connectivity index (χ4v) is 5.84. The largest absolute Gasteiger partial charge is 0.417 e. The monoisotopic (exact) mass is 444 g/mol. The van der Waals surface area contributed by atoms with Crippen molar-refractivity contribution in [1.29, 1.82) is 0 Å². The molecule has 4 aromatic rings. The van der Waals surface area contributed by atoms with Crippen molar-refractivity contribution in [1.82, 2.24) is 9.97 Å². The van der Waals surface area contributed by atoms with Gasteiger partial charge >= 0.3 is 6.18 Å². The quantitative estimate of drug-likeness (QED) is 0.264. The van der Waals surface area contributed by atoms with Crippen molar-refractivity contribution >= 4 is 23.1 Å². The fraction of sp³-hybridized carbons (Fsp3) is 0.0909. The van der Waals surface area contributed by atoms with Gasteiger partial charge in [-0.3, -0.25) is 4.98 Å². The second-order valence-corrected chi connectivity index (χ2v) is 8.72. The summed E-state index contributed by atoms with van der Waals surface area (Å²) in [6.07, 6.45) is -2.23. The number of pyridine rings is 1. The zero-order valence-electron chi connectivity index (χ0n) is 15.2. The van der Waals surface area contributed by atoms with Crippen molar-refractivity contribution in [3.8, 4) is 32.3 Å². The van der Waals surface area contributed by atoms with Crippen LogP contribution in [0, 0.1) is 0 Å². The molecule has 1 aliphatic heterocycles. The van der Waals surface area contributed by atoms with Gasteiger partial charge in [0.25, 0.3) is 0 Å². The average Bonchev–Trinajstić information content (AvgIpc) is 3.12. The Morgan fingerprint density at radius 2 is 1.70 bits per heavy atom. The van der Waals surface area contributed by atoms with E-state index < -0.39 is 18.4 Å². The Hall–Kier alpha value is -2.71. The normalized spacial score (nSPS) is 12.7. The lowest BCUT2D eigenvalue weighted by molar-refractivity contribution is -0.137. The Kier molecular flexibility index (Phi) is 4.63. The molecule has 8 heteroatoms. The topological polar surface area (TPSA) is 25.8 Å². The van der Waals surface area contributed by atoms with E-state index in [2.05, 4.69) is 9.97 Å². The van der Waals surface area contributed by atoms with Crippen LogP contribution in [0.15, 0.2) is 70.7 Å². The summed E-state index contributed by atoms with van der Waals surface area (Å²) in [5.74, 6) is 0. The molecule has 3 heterocycles. The number of benzene rings is 2. The van der Waals surface area contributed by atoms with Gasteiger partial charge in [0, 0.05) is 38.9 Å². The van der Waals surface area contributed by atoms with Gasteiger partial charge in [-0.05, 0) is 23.8 Å². The van der Waals surface area contributed by atoms with Crippen molar-refractivity contribution in [3.05, 3.63) is 72.1 Å². The Labute approximate surface area is 177 Å². The third-order valence-electron chi connectivity index (χ3n) is 4.83. The van der Waals surface area contributed by atoms with Crippen LogP contribution in [0.2, 0.25) is 0 Å². The molecular formula is C22H12F4N2S2. The molecule has 150 valence electrons. The van der Waals surface area contributed by atoms with E-state index >= 15 is 0 Å². The number of alkyl halides is 4. The van der Waals surface area contributed by atoms with Gasteiger partial charge in [-0.25, -0.2) is 9.37 Å². The van der Waals surface area contributed by atoms with E-state index in [1.165, 1.54) is 29.3 Å². The van der Waals surface area contributed by atoms with E-state index in [9.17, 15) is 17.6 Å². The van der Waals surface area contributed by atoms with Crippen LogP contribution in [0.1, 0.15) is 11.1 Å². The molecule has 2 aromatic carbocycles. The molecule has 0 spiro atoms. The van der Waals surface area contributed by atoms with Gasteiger partial charge in [0.05, 0.1) is 16.1 Å². The second kappa shape index (κ2) is 7.21. The molecule has 2 nitrogen and oxygen atoms in total. The van der Waals surface area contributed by atoms with Crippen LogP contribution in [0.3, 0.4) is 0 Å². The minimum Gasteiger partial charge on any atom is -0.264 e. The summed E-state index contributed by atoms with van der Waals surface area (Å²) < 4.78 is 54.6. The molecule has 0 saturated carbocycles. The highest BCUT2D eigenvalue weighted by Crippen LogP contribution is 2.52. The first kappa shape index (κ1) is 19.3. The summed E-state index contributed by atoms with van der Waals surface area (Å²) in [4.78, 5) is 11.0. The maximum atomic E-state index is 13.8. The van der Waals surface area contributed by atoms with Crippen molar-refractivity contribution in [2.75, 3.05) is 0 Å². The molecule has 0 unspecified atom stereocenters. The van der Waals surface area contributed by atoms with E-state index in [0.717, 1.165) is 32.5 Å². The summed E-state index contributed by atoms with van der Waals surface area (Å²) in [5, 5.41) is 0.210. The molecular weight excluding hydrogens is 432 g/mol. The molecule has 5 rings (SSSR count). The Morgan fingerprint density at radius 3 is 2.50 bits per heavy atom. The van der Waals surface area contributed by atoms with Crippen LogP contribution in [-0.4, -0.2) is 9.97 Å². The first-order chi connectivity index (χ1) is 14.5. The summed E-state index contributed by atoms with van der Waals surface area (Å²) in [7, 11) is 0. The maximum absolute atomic E-state index is 13.8. The van der Waals surface area contributed by atoms with Gasteiger partial charge in [-0.15, -0.1) is 11.3 Å². The van der Waals surface area contributed by atoms with Crippen LogP contribution in [0.25, 0.3) is 32.3 Å². The predicted octanol–water partition coefficient (Wildman–Crippen LogP) is 7.49. The van der Waals surface area contributed by atoms with Gasteiger partial charge in [-0.1, -0.05) is 42.1 Å². The van der Waals surface area contributed by atoms with Crippen LogP contribution in [0.4, 0.5) is 17.6 Å². The number of hydrogen-bond acceptors (Lipinski definition) is 4. The van der Waals surface area contributed by atoms with Crippen molar-refractivity contribution in [2.24, 2.45) is 0 Å². The number of aromatic nitrogens is 2. The molecule has 2 aromatic heterocycles.